The van der Waals surface area contributed by atoms with Crippen LogP contribution in [0.1, 0.15) is 12.8 Å². The molecule has 6 rings (SSSR count). The van der Waals surface area contributed by atoms with Gasteiger partial charge in [0.25, 0.3) is 5.56 Å². The second kappa shape index (κ2) is 9.49. The SMILES string of the molecule is Cl.O=c1c2cc(-c3ccc(F)cc3Cl)oc2ccn1-c1ccc2c(cnn2CCN2CCCC2)c1. The standard InChI is InChI=1S/C26H22ClFN4O2.ClH/c27-22-14-18(28)3-5-20(22)25-15-21-24(34-25)7-10-31(26(21)33)19-4-6-23-17(13-19)16-29-32(23)12-11-30-8-1-2-9-30;/h3-7,10,13-16H,1-2,8-9,11-12H2;1H. The molecule has 1 aliphatic rings. The van der Waals surface area contributed by atoms with E-state index >= 15 is 0 Å². The van der Waals surface area contributed by atoms with Crippen LogP contribution in [0.25, 0.3) is 38.9 Å². The van der Waals surface area contributed by atoms with Crippen LogP contribution in [0.5, 0.6) is 0 Å². The third-order valence-corrected chi connectivity index (χ3v) is 6.82. The number of aromatic nitrogens is 3. The highest BCUT2D eigenvalue weighted by atomic mass is 35.5. The van der Waals surface area contributed by atoms with Crippen LogP contribution in [0.4, 0.5) is 4.39 Å². The topological polar surface area (TPSA) is 56.2 Å². The van der Waals surface area contributed by atoms with Gasteiger partial charge in [-0.25, -0.2) is 4.39 Å². The Hall–Kier alpha value is -3.13. The van der Waals surface area contributed by atoms with E-state index in [2.05, 4.69) is 10.00 Å². The van der Waals surface area contributed by atoms with Gasteiger partial charge in [0.2, 0.25) is 0 Å². The lowest BCUT2D eigenvalue weighted by molar-refractivity contribution is 0.318. The van der Waals surface area contributed by atoms with E-state index in [0.717, 1.165) is 42.8 Å². The number of hydrogen-bond donors (Lipinski definition) is 0. The summed E-state index contributed by atoms with van der Waals surface area (Å²) in [4.78, 5) is 15.8. The van der Waals surface area contributed by atoms with Gasteiger partial charge < -0.3 is 9.32 Å². The molecule has 1 fully saturated rings. The average Bonchev–Trinajstić information content (AvgIpc) is 3.57. The van der Waals surface area contributed by atoms with Crippen molar-refractivity contribution in [2.24, 2.45) is 0 Å². The van der Waals surface area contributed by atoms with Gasteiger partial charge in [-0.2, -0.15) is 5.10 Å². The van der Waals surface area contributed by atoms with E-state index < -0.39 is 5.82 Å². The quantitative estimate of drug-likeness (QED) is 0.293. The number of nitrogens with zero attached hydrogens (tertiary/aromatic N) is 4. The van der Waals surface area contributed by atoms with Gasteiger partial charge in [0.15, 0.2) is 0 Å². The lowest BCUT2D eigenvalue weighted by Crippen LogP contribution is -2.24. The molecule has 2 aromatic carbocycles. The van der Waals surface area contributed by atoms with Gasteiger partial charge in [0, 0.05) is 29.4 Å². The van der Waals surface area contributed by atoms with Gasteiger partial charge in [0.1, 0.15) is 17.2 Å². The number of likely N-dealkylation sites (tertiary alicyclic amines) is 1. The molecular weight excluding hydrogens is 490 g/mol. The normalized spacial score (nSPS) is 14.1. The molecule has 3 aromatic heterocycles. The van der Waals surface area contributed by atoms with Crippen LogP contribution >= 0.6 is 24.0 Å². The highest BCUT2D eigenvalue weighted by molar-refractivity contribution is 6.33. The zero-order valence-electron chi connectivity index (χ0n) is 18.8. The van der Waals surface area contributed by atoms with Crippen molar-refractivity contribution in [2.45, 2.75) is 19.4 Å². The molecule has 6 nitrogen and oxygen atoms in total. The summed E-state index contributed by atoms with van der Waals surface area (Å²) in [5.41, 5.74) is 2.58. The van der Waals surface area contributed by atoms with E-state index in [1.54, 1.807) is 29.0 Å². The summed E-state index contributed by atoms with van der Waals surface area (Å²) in [7, 11) is 0. The molecule has 180 valence electrons. The molecule has 0 bridgehead atoms. The Balaban J connectivity index is 0.00000253. The Morgan fingerprint density at radius 2 is 1.86 bits per heavy atom. The minimum absolute atomic E-state index is 0. The van der Waals surface area contributed by atoms with Crippen molar-refractivity contribution in [1.82, 2.24) is 19.2 Å². The predicted molar refractivity (Wildman–Crippen MR) is 138 cm³/mol. The number of pyridine rings is 1. The molecule has 0 atom stereocenters. The summed E-state index contributed by atoms with van der Waals surface area (Å²) >= 11 is 6.18. The maximum atomic E-state index is 13.4. The predicted octanol–water partition coefficient (Wildman–Crippen LogP) is 5.91. The third kappa shape index (κ3) is 4.35. The fourth-order valence-corrected chi connectivity index (χ4v) is 4.97. The van der Waals surface area contributed by atoms with Gasteiger partial charge in [-0.15, -0.1) is 12.4 Å². The number of furan rings is 1. The van der Waals surface area contributed by atoms with Crippen LogP contribution in [0, 0.1) is 5.82 Å². The Morgan fingerprint density at radius 3 is 2.66 bits per heavy atom. The molecule has 0 spiro atoms. The first-order valence-electron chi connectivity index (χ1n) is 11.4. The van der Waals surface area contributed by atoms with Crippen LogP contribution in [0.15, 0.2) is 70.1 Å². The van der Waals surface area contributed by atoms with Gasteiger partial charge in [-0.1, -0.05) is 11.6 Å². The smallest absolute Gasteiger partial charge is 0.266 e. The van der Waals surface area contributed by atoms with Crippen molar-refractivity contribution >= 4 is 45.9 Å². The Labute approximate surface area is 211 Å². The Kier molecular flexibility index (Phi) is 6.40. The molecule has 0 unspecified atom stereocenters. The minimum atomic E-state index is -0.429. The molecule has 5 aromatic rings. The molecule has 1 saturated heterocycles. The maximum absolute atomic E-state index is 13.4. The summed E-state index contributed by atoms with van der Waals surface area (Å²) in [6.45, 7) is 4.17. The van der Waals surface area contributed by atoms with Crippen LogP contribution in [-0.4, -0.2) is 38.9 Å². The van der Waals surface area contributed by atoms with E-state index in [0.29, 0.717) is 22.3 Å². The summed E-state index contributed by atoms with van der Waals surface area (Å²) < 4.78 is 22.9. The van der Waals surface area contributed by atoms with Crippen molar-refractivity contribution in [3.63, 3.8) is 0 Å². The number of halogens is 3. The first-order chi connectivity index (χ1) is 16.6. The maximum Gasteiger partial charge on any atom is 0.266 e. The van der Waals surface area contributed by atoms with Crippen LogP contribution in [0.3, 0.4) is 0 Å². The van der Waals surface area contributed by atoms with Gasteiger partial charge >= 0.3 is 0 Å². The summed E-state index contributed by atoms with van der Waals surface area (Å²) in [6, 6.07) is 13.4. The van der Waals surface area contributed by atoms with E-state index in [1.165, 1.54) is 25.0 Å². The molecule has 0 aliphatic carbocycles. The second-order valence-electron chi connectivity index (χ2n) is 8.66. The molecule has 35 heavy (non-hydrogen) atoms. The van der Waals surface area contributed by atoms with Gasteiger partial charge in [0.05, 0.1) is 28.7 Å². The molecular formula is C26H23Cl2FN4O2. The molecule has 0 saturated carbocycles. The van der Waals surface area contributed by atoms with E-state index in [9.17, 15) is 9.18 Å². The van der Waals surface area contributed by atoms with E-state index in [-0.39, 0.29) is 23.0 Å². The van der Waals surface area contributed by atoms with Crippen molar-refractivity contribution in [3.05, 3.63) is 82.1 Å². The summed E-state index contributed by atoms with van der Waals surface area (Å²) in [6.07, 6.45) is 6.09. The first-order valence-corrected chi connectivity index (χ1v) is 11.7. The number of fused-ring (bicyclic) bond motifs is 2. The molecule has 0 radical (unpaired) electrons. The lowest BCUT2D eigenvalue weighted by Gasteiger charge is -2.14. The molecule has 1 aliphatic heterocycles. The van der Waals surface area contributed by atoms with Crippen LogP contribution in [0.2, 0.25) is 5.02 Å². The monoisotopic (exact) mass is 512 g/mol. The number of rotatable bonds is 5. The van der Waals surface area contributed by atoms with Crippen molar-refractivity contribution in [3.8, 4) is 17.0 Å². The average molecular weight is 513 g/mol. The fourth-order valence-electron chi connectivity index (χ4n) is 4.71. The highest BCUT2D eigenvalue weighted by Gasteiger charge is 2.16. The molecule has 0 amide bonds. The van der Waals surface area contributed by atoms with Crippen LogP contribution in [-0.2, 0) is 6.54 Å². The van der Waals surface area contributed by atoms with E-state index in [4.69, 9.17) is 16.0 Å². The van der Waals surface area contributed by atoms with Gasteiger partial charge in [-0.05, 0) is 74.5 Å². The highest BCUT2D eigenvalue weighted by Crippen LogP contribution is 2.32. The molecule has 9 heteroatoms. The van der Waals surface area contributed by atoms with Crippen molar-refractivity contribution < 1.29 is 8.81 Å². The zero-order chi connectivity index (χ0) is 23.2. The zero-order valence-corrected chi connectivity index (χ0v) is 20.4. The summed E-state index contributed by atoms with van der Waals surface area (Å²) in [5.74, 6) is -0.00782. The van der Waals surface area contributed by atoms with Crippen molar-refractivity contribution in [1.29, 1.82) is 0 Å². The van der Waals surface area contributed by atoms with Gasteiger partial charge in [-0.3, -0.25) is 14.0 Å². The molecule has 0 N–H and O–H groups in total. The fraction of sp³-hybridized carbons (Fsp3) is 0.231. The first kappa shape index (κ1) is 23.6. The second-order valence-corrected chi connectivity index (χ2v) is 9.07. The van der Waals surface area contributed by atoms with Crippen LogP contribution < -0.4 is 5.56 Å². The Morgan fingerprint density at radius 1 is 1.03 bits per heavy atom. The third-order valence-electron chi connectivity index (χ3n) is 6.51. The number of hydrogen-bond acceptors (Lipinski definition) is 4. The number of benzene rings is 2. The largest absolute Gasteiger partial charge is 0.456 e. The molecule has 4 heterocycles. The summed E-state index contributed by atoms with van der Waals surface area (Å²) in [5, 5.41) is 6.20. The minimum Gasteiger partial charge on any atom is -0.456 e. The van der Waals surface area contributed by atoms with Crippen molar-refractivity contribution in [2.75, 3.05) is 19.6 Å². The Bertz CT molecular complexity index is 1580. The van der Waals surface area contributed by atoms with E-state index in [1.807, 2.05) is 29.1 Å². The lowest BCUT2D eigenvalue weighted by atomic mass is 10.1.